The van der Waals surface area contributed by atoms with E-state index in [0.29, 0.717) is 17.5 Å². The van der Waals surface area contributed by atoms with Gasteiger partial charge in [0.15, 0.2) is 0 Å². The summed E-state index contributed by atoms with van der Waals surface area (Å²) in [6.45, 7) is -1.28. The van der Waals surface area contributed by atoms with E-state index in [0.717, 1.165) is 12.1 Å². The standard InChI is InChI=1S/C57H49F7N12O8/c1-2-21-68-50(77)41-44(66)30-20-19-27(39(48(30)76-55(41)82)35-15-4-16-36(71-35)49(58)59)10-8-23-70-52(79)42-45(67)32-25-26(24-31(47(32)75-54(42)81)34-14-5-17-37(72-34)83-56(60)61)9-7-22-69-51(78)40-43(65)29-12-3-11-28(46(29)74-53(40)80)33-13-6-18-38(73-33)84-57(62,63)64/h3-6,11-20,24-25,49,56H,2,7-10,21-23H2,1H3,(H,68,77)(H,69,78)(H,70,79)(H3,65,74,80)(H3,66,76,82)(H3,67,75,81). The molecule has 0 aliphatic carbocycles. The second kappa shape index (κ2) is 24.4. The number of alkyl halides is 7. The predicted octanol–water partition coefficient (Wildman–Crippen LogP) is 8.45. The molecule has 6 aromatic heterocycles. The zero-order valence-electron chi connectivity index (χ0n) is 44.0. The van der Waals surface area contributed by atoms with Crippen LogP contribution in [-0.4, -0.2) is 80.2 Å². The van der Waals surface area contributed by atoms with E-state index in [4.69, 9.17) is 17.2 Å². The third-order valence-corrected chi connectivity index (χ3v) is 13.4. The molecule has 0 bridgehead atoms. The first kappa shape index (κ1) is 58.3. The van der Waals surface area contributed by atoms with Gasteiger partial charge in [0.05, 0.1) is 50.7 Å². The van der Waals surface area contributed by atoms with Gasteiger partial charge in [-0.25, -0.2) is 23.7 Å². The Morgan fingerprint density at radius 1 is 0.571 bits per heavy atom. The summed E-state index contributed by atoms with van der Waals surface area (Å²) in [7, 11) is 0. The summed E-state index contributed by atoms with van der Waals surface area (Å²) in [6.07, 6.45) is -6.73. The molecule has 0 spiro atoms. The van der Waals surface area contributed by atoms with Crippen LogP contribution in [0.5, 0.6) is 11.8 Å². The number of halogens is 7. The molecular formula is C57H49F7N12O8. The first-order valence-electron chi connectivity index (χ1n) is 25.8. The Labute approximate surface area is 469 Å². The smallest absolute Gasteiger partial charge is 0.417 e. The average molecular weight is 1160 g/mol. The van der Waals surface area contributed by atoms with Crippen molar-refractivity contribution < 1.29 is 54.6 Å². The molecule has 0 atom stereocenters. The number of nitrogens with one attached hydrogen (secondary N) is 6. The van der Waals surface area contributed by atoms with Gasteiger partial charge in [-0.3, -0.25) is 28.8 Å². The summed E-state index contributed by atoms with van der Waals surface area (Å²) in [5, 5.41) is 8.54. The second-order valence-electron chi connectivity index (χ2n) is 18.9. The fourth-order valence-electron chi connectivity index (χ4n) is 9.65. The second-order valence-corrected chi connectivity index (χ2v) is 18.9. The Kier molecular flexibility index (Phi) is 16.9. The molecule has 20 nitrogen and oxygen atoms in total. The third-order valence-electron chi connectivity index (χ3n) is 13.4. The van der Waals surface area contributed by atoms with Gasteiger partial charge in [0.2, 0.25) is 11.8 Å². The zero-order chi connectivity index (χ0) is 60.1. The van der Waals surface area contributed by atoms with Crippen molar-refractivity contribution >= 4 is 67.5 Å². The van der Waals surface area contributed by atoms with E-state index in [1.54, 1.807) is 24.3 Å². The van der Waals surface area contributed by atoms with Crippen LogP contribution in [0.1, 0.15) is 80.5 Å². The quantitative estimate of drug-likeness (QED) is 0.0255. The van der Waals surface area contributed by atoms with Crippen LogP contribution in [0.25, 0.3) is 66.5 Å². The van der Waals surface area contributed by atoms with Crippen LogP contribution < -0.4 is 59.3 Å². The van der Waals surface area contributed by atoms with Crippen LogP contribution in [0, 0.1) is 0 Å². The van der Waals surface area contributed by atoms with Crippen molar-refractivity contribution in [2.75, 3.05) is 36.8 Å². The number of aromatic amines is 3. The van der Waals surface area contributed by atoms with Gasteiger partial charge in [0.1, 0.15) is 22.4 Å². The molecule has 12 N–H and O–H groups in total. The lowest BCUT2D eigenvalue weighted by Crippen LogP contribution is -2.32. The average Bonchev–Trinajstić information content (AvgIpc) is 1.39. The lowest BCUT2D eigenvalue weighted by Gasteiger charge is -2.17. The van der Waals surface area contributed by atoms with Crippen molar-refractivity contribution in [2.24, 2.45) is 0 Å². The molecule has 0 saturated carbocycles. The highest BCUT2D eigenvalue weighted by atomic mass is 19.4. The Balaban J connectivity index is 0.960. The Hall–Kier alpha value is -10.3. The fourth-order valence-corrected chi connectivity index (χ4v) is 9.65. The minimum Gasteiger partial charge on any atom is -0.417 e. The maximum atomic E-state index is 14.0. The summed E-state index contributed by atoms with van der Waals surface area (Å²) in [5.41, 5.74) is 16.4. The maximum absolute atomic E-state index is 14.0. The van der Waals surface area contributed by atoms with Gasteiger partial charge < -0.3 is 57.6 Å². The van der Waals surface area contributed by atoms with E-state index in [2.05, 4.69) is 55.3 Å². The van der Waals surface area contributed by atoms with E-state index in [9.17, 15) is 59.5 Å². The summed E-state index contributed by atoms with van der Waals surface area (Å²) >= 11 is 0. The van der Waals surface area contributed by atoms with Crippen LogP contribution in [0.3, 0.4) is 0 Å². The molecule has 3 amide bonds. The van der Waals surface area contributed by atoms with Gasteiger partial charge in [-0.15, -0.1) is 13.2 Å². The lowest BCUT2D eigenvalue weighted by atomic mass is 9.94. The van der Waals surface area contributed by atoms with Crippen molar-refractivity contribution in [1.82, 2.24) is 45.9 Å². The number of nitrogen functional groups attached to an aromatic ring is 3. The van der Waals surface area contributed by atoms with Crippen LogP contribution in [0.4, 0.5) is 47.8 Å². The number of ether oxygens (including phenoxy) is 2. The van der Waals surface area contributed by atoms with E-state index in [-0.39, 0.29) is 134 Å². The normalized spacial score (nSPS) is 11.6. The van der Waals surface area contributed by atoms with Crippen molar-refractivity contribution in [3.05, 3.63) is 162 Å². The number of pyridine rings is 6. The number of H-pyrrole nitrogens is 3. The third kappa shape index (κ3) is 12.4. The van der Waals surface area contributed by atoms with E-state index < -0.39 is 82.4 Å². The number of benzene rings is 3. The summed E-state index contributed by atoms with van der Waals surface area (Å²) in [6, 6.07) is 22.5. The van der Waals surface area contributed by atoms with Gasteiger partial charge in [-0.2, -0.15) is 8.78 Å². The number of aryl methyl sites for hydroxylation is 2. The van der Waals surface area contributed by atoms with Crippen molar-refractivity contribution in [2.45, 2.75) is 58.4 Å². The highest BCUT2D eigenvalue weighted by Crippen LogP contribution is 2.37. The molecular weight excluding hydrogens is 1110 g/mol. The number of carbonyl (C=O) groups excluding carboxylic acids is 3. The summed E-state index contributed by atoms with van der Waals surface area (Å²) in [4.78, 5) is 102. The number of nitrogens with two attached hydrogens (primary N) is 3. The van der Waals surface area contributed by atoms with Gasteiger partial charge in [0.25, 0.3) is 40.8 Å². The first-order valence-corrected chi connectivity index (χ1v) is 25.8. The molecule has 27 heteroatoms. The van der Waals surface area contributed by atoms with Crippen molar-refractivity contribution in [3.63, 3.8) is 0 Å². The predicted molar refractivity (Wildman–Crippen MR) is 299 cm³/mol. The number of carbonyl (C=O) groups is 3. The molecule has 0 saturated heterocycles. The molecule has 0 fully saturated rings. The van der Waals surface area contributed by atoms with Crippen molar-refractivity contribution in [3.8, 4) is 45.5 Å². The highest BCUT2D eigenvalue weighted by molar-refractivity contribution is 6.11. The minimum atomic E-state index is -5.02. The van der Waals surface area contributed by atoms with Crippen LogP contribution in [-0.2, 0) is 12.8 Å². The summed E-state index contributed by atoms with van der Waals surface area (Å²) < 4.78 is 102. The van der Waals surface area contributed by atoms with Crippen LogP contribution in [0.2, 0.25) is 0 Å². The molecule has 434 valence electrons. The highest BCUT2D eigenvalue weighted by Gasteiger charge is 2.32. The number of anilines is 3. The molecule has 3 aromatic carbocycles. The van der Waals surface area contributed by atoms with E-state index in [1.165, 1.54) is 60.7 Å². The van der Waals surface area contributed by atoms with Gasteiger partial charge in [-0.05, 0) is 79.6 Å². The number of rotatable bonds is 20. The topological polar surface area (TPSA) is 321 Å². The molecule has 0 aliphatic rings. The molecule has 9 rings (SSSR count). The zero-order valence-corrected chi connectivity index (χ0v) is 44.0. The number of nitrogens with zero attached hydrogens (tertiary/aromatic N) is 3. The van der Waals surface area contributed by atoms with Crippen molar-refractivity contribution in [1.29, 1.82) is 0 Å². The Bertz CT molecular complexity index is 4250. The lowest BCUT2D eigenvalue weighted by molar-refractivity contribution is -0.276. The number of fused-ring (bicyclic) bond motifs is 3. The Morgan fingerprint density at radius 2 is 1.08 bits per heavy atom. The number of hydrogen-bond acceptors (Lipinski definition) is 14. The monoisotopic (exact) mass is 1160 g/mol. The Morgan fingerprint density at radius 3 is 1.69 bits per heavy atom. The van der Waals surface area contributed by atoms with Gasteiger partial charge in [-0.1, -0.05) is 55.5 Å². The molecule has 0 radical (unpaired) electrons. The molecule has 84 heavy (non-hydrogen) atoms. The largest absolute Gasteiger partial charge is 0.574 e. The van der Waals surface area contributed by atoms with Gasteiger partial charge in [0, 0.05) is 64.6 Å². The molecule has 0 unspecified atom stereocenters. The fraction of sp³-hybridized carbons (Fsp3) is 0.211. The number of para-hydroxylation sites is 1. The maximum Gasteiger partial charge on any atom is 0.574 e. The molecule has 0 aliphatic heterocycles. The number of amides is 3. The molecule has 6 heterocycles. The van der Waals surface area contributed by atoms with Crippen LogP contribution >= 0.6 is 0 Å². The number of hydrogen-bond donors (Lipinski definition) is 9. The number of aromatic nitrogens is 6. The van der Waals surface area contributed by atoms with E-state index in [1.807, 2.05) is 6.92 Å². The first-order chi connectivity index (χ1) is 40.1. The van der Waals surface area contributed by atoms with Gasteiger partial charge >= 0.3 is 13.0 Å². The minimum absolute atomic E-state index is 0.00361. The SMILES string of the molecule is CCCNC(=O)c1c(N)c2ccc(CCCNC(=O)c3c(N)c4cc(CCCNC(=O)c5c(N)c6cccc(-c7cccc(OC(F)(F)F)n7)c6[nH]c5=O)cc(-c5cccc(OC(F)F)n5)c4[nH]c3=O)c(-c3cccc(C(F)F)n3)c2[nH]c1=O. The summed E-state index contributed by atoms with van der Waals surface area (Å²) in [5.74, 6) is -3.67. The van der Waals surface area contributed by atoms with Crippen LogP contribution in [0.15, 0.2) is 111 Å². The van der Waals surface area contributed by atoms with E-state index >= 15 is 0 Å². The molecule has 9 aromatic rings.